The molecule has 0 aliphatic carbocycles. The second-order valence-corrected chi connectivity index (χ2v) is 5.37. The predicted octanol–water partition coefficient (Wildman–Crippen LogP) is 5.03. The zero-order chi connectivity index (χ0) is 16.3. The maximum atomic E-state index is 5.78. The molecule has 0 radical (unpaired) electrons. The quantitative estimate of drug-likeness (QED) is 0.214. The highest BCUT2D eigenvalue weighted by Crippen LogP contribution is 2.08. The molecule has 0 saturated heterocycles. The zero-order valence-electron chi connectivity index (χ0n) is 14.9. The van der Waals surface area contributed by atoms with Crippen LogP contribution in [0.3, 0.4) is 0 Å². The van der Waals surface area contributed by atoms with Crippen molar-refractivity contribution >= 4 is 0 Å². The van der Waals surface area contributed by atoms with Crippen molar-refractivity contribution in [2.75, 3.05) is 26.6 Å². The molecule has 0 aromatic carbocycles. The third-order valence-electron chi connectivity index (χ3n) is 3.16. The highest BCUT2D eigenvalue weighted by molar-refractivity contribution is 4.73. The van der Waals surface area contributed by atoms with E-state index in [4.69, 9.17) is 18.9 Å². The Bertz CT molecular complexity index is 221. The minimum absolute atomic E-state index is 0.0939. The molecule has 0 spiro atoms. The van der Waals surface area contributed by atoms with E-state index in [1.54, 1.807) is 6.26 Å². The average Bonchev–Trinajstić information content (AvgIpc) is 2.53. The molecule has 0 amide bonds. The van der Waals surface area contributed by atoms with Crippen molar-refractivity contribution < 1.29 is 18.9 Å². The standard InChI is InChI=1S/C18H36O4/c1-4-7-13-19-17-20-14-11-10-12-18(21-15-8-5-2)22-16-9-6-3/h11,14,18H,4-10,12-13,15-17H2,1-3H3. The summed E-state index contributed by atoms with van der Waals surface area (Å²) in [5.74, 6) is 0. The lowest BCUT2D eigenvalue weighted by Crippen LogP contribution is -2.18. The molecule has 0 heterocycles. The van der Waals surface area contributed by atoms with Gasteiger partial charge in [0.1, 0.15) is 0 Å². The summed E-state index contributed by atoms with van der Waals surface area (Å²) in [6.07, 6.45) is 12.1. The first-order valence-electron chi connectivity index (χ1n) is 8.92. The molecule has 0 aliphatic heterocycles. The second kappa shape index (κ2) is 18.5. The van der Waals surface area contributed by atoms with Gasteiger partial charge in [-0.05, 0) is 31.8 Å². The fourth-order valence-corrected chi connectivity index (χ4v) is 1.69. The molecule has 0 aliphatic rings. The van der Waals surface area contributed by atoms with E-state index >= 15 is 0 Å². The number of ether oxygens (including phenoxy) is 4. The second-order valence-electron chi connectivity index (χ2n) is 5.37. The zero-order valence-corrected chi connectivity index (χ0v) is 14.9. The summed E-state index contributed by atoms with van der Waals surface area (Å²) in [4.78, 5) is 0. The van der Waals surface area contributed by atoms with Crippen LogP contribution in [0, 0.1) is 0 Å². The Kier molecular flexibility index (Phi) is 18.0. The number of allylic oxidation sites excluding steroid dienone is 1. The minimum atomic E-state index is -0.0939. The Hall–Kier alpha value is -0.580. The van der Waals surface area contributed by atoms with Crippen molar-refractivity contribution in [1.29, 1.82) is 0 Å². The third-order valence-corrected chi connectivity index (χ3v) is 3.16. The first kappa shape index (κ1) is 21.4. The summed E-state index contributed by atoms with van der Waals surface area (Å²) in [6.45, 7) is 9.13. The maximum absolute atomic E-state index is 5.78. The fraction of sp³-hybridized carbons (Fsp3) is 0.889. The van der Waals surface area contributed by atoms with Crippen molar-refractivity contribution in [1.82, 2.24) is 0 Å². The van der Waals surface area contributed by atoms with Crippen LogP contribution in [0.25, 0.3) is 0 Å². The summed E-state index contributed by atoms with van der Waals surface area (Å²) >= 11 is 0. The molecule has 22 heavy (non-hydrogen) atoms. The molecule has 0 aromatic heterocycles. The van der Waals surface area contributed by atoms with E-state index in [1.807, 2.05) is 6.08 Å². The highest BCUT2D eigenvalue weighted by atomic mass is 16.7. The Labute approximate surface area is 137 Å². The fourth-order valence-electron chi connectivity index (χ4n) is 1.69. The van der Waals surface area contributed by atoms with Crippen LogP contribution in [0.5, 0.6) is 0 Å². The van der Waals surface area contributed by atoms with Crippen LogP contribution in [0.15, 0.2) is 12.3 Å². The Morgan fingerprint density at radius 3 is 2.00 bits per heavy atom. The van der Waals surface area contributed by atoms with Gasteiger partial charge < -0.3 is 18.9 Å². The van der Waals surface area contributed by atoms with Crippen molar-refractivity contribution in [3.8, 4) is 0 Å². The molecule has 0 aromatic rings. The van der Waals surface area contributed by atoms with Gasteiger partial charge in [-0.2, -0.15) is 0 Å². The van der Waals surface area contributed by atoms with Crippen molar-refractivity contribution in [3.63, 3.8) is 0 Å². The lowest BCUT2D eigenvalue weighted by molar-refractivity contribution is -0.146. The Balaban J connectivity index is 3.66. The van der Waals surface area contributed by atoms with Crippen molar-refractivity contribution in [3.05, 3.63) is 12.3 Å². The lowest BCUT2D eigenvalue weighted by atomic mass is 10.3. The molecule has 4 heteroatoms. The molecule has 0 N–H and O–H groups in total. The smallest absolute Gasteiger partial charge is 0.188 e. The van der Waals surface area contributed by atoms with Crippen LogP contribution in [-0.4, -0.2) is 32.9 Å². The highest BCUT2D eigenvalue weighted by Gasteiger charge is 2.07. The number of hydrogen-bond acceptors (Lipinski definition) is 4. The number of hydrogen-bond donors (Lipinski definition) is 0. The van der Waals surface area contributed by atoms with Gasteiger partial charge >= 0.3 is 0 Å². The number of rotatable bonds is 17. The lowest BCUT2D eigenvalue weighted by Gasteiger charge is -2.17. The molecule has 132 valence electrons. The molecule has 0 saturated carbocycles. The van der Waals surface area contributed by atoms with Crippen molar-refractivity contribution in [2.45, 2.75) is 78.4 Å². The van der Waals surface area contributed by atoms with Crippen LogP contribution < -0.4 is 0 Å². The van der Waals surface area contributed by atoms with Gasteiger partial charge in [0, 0.05) is 19.6 Å². The molecule has 0 bridgehead atoms. The van der Waals surface area contributed by atoms with E-state index in [2.05, 4.69) is 20.8 Å². The summed E-state index contributed by atoms with van der Waals surface area (Å²) in [5, 5.41) is 0. The summed E-state index contributed by atoms with van der Waals surface area (Å²) in [6, 6.07) is 0. The van der Waals surface area contributed by atoms with Crippen LogP contribution >= 0.6 is 0 Å². The topological polar surface area (TPSA) is 36.9 Å². The normalized spacial score (nSPS) is 11.6. The first-order valence-corrected chi connectivity index (χ1v) is 8.92. The molecule has 4 nitrogen and oxygen atoms in total. The molecular formula is C18H36O4. The van der Waals surface area contributed by atoms with Gasteiger partial charge in [-0.1, -0.05) is 40.0 Å². The van der Waals surface area contributed by atoms with E-state index in [1.165, 1.54) is 0 Å². The van der Waals surface area contributed by atoms with E-state index in [0.717, 1.165) is 71.2 Å². The van der Waals surface area contributed by atoms with Crippen LogP contribution in [0.4, 0.5) is 0 Å². The molecule has 0 rings (SSSR count). The first-order chi connectivity index (χ1) is 10.8. The minimum Gasteiger partial charge on any atom is -0.475 e. The molecule has 0 atom stereocenters. The summed E-state index contributed by atoms with van der Waals surface area (Å²) in [7, 11) is 0. The van der Waals surface area contributed by atoms with Crippen molar-refractivity contribution in [2.24, 2.45) is 0 Å². The van der Waals surface area contributed by atoms with Gasteiger partial charge in [-0.15, -0.1) is 0 Å². The van der Waals surface area contributed by atoms with Crippen LogP contribution in [0.1, 0.15) is 72.1 Å². The van der Waals surface area contributed by atoms with Gasteiger partial charge in [0.15, 0.2) is 13.1 Å². The van der Waals surface area contributed by atoms with Crippen LogP contribution in [0.2, 0.25) is 0 Å². The maximum Gasteiger partial charge on any atom is 0.188 e. The molecule has 0 fully saturated rings. The van der Waals surface area contributed by atoms with Gasteiger partial charge in [0.2, 0.25) is 0 Å². The predicted molar refractivity (Wildman–Crippen MR) is 90.7 cm³/mol. The van der Waals surface area contributed by atoms with Gasteiger partial charge in [0.05, 0.1) is 12.9 Å². The van der Waals surface area contributed by atoms with Gasteiger partial charge in [-0.3, -0.25) is 0 Å². The van der Waals surface area contributed by atoms with Crippen LogP contribution in [-0.2, 0) is 18.9 Å². The van der Waals surface area contributed by atoms with E-state index in [0.29, 0.717) is 6.79 Å². The monoisotopic (exact) mass is 316 g/mol. The average molecular weight is 316 g/mol. The Morgan fingerprint density at radius 2 is 1.41 bits per heavy atom. The van der Waals surface area contributed by atoms with E-state index in [9.17, 15) is 0 Å². The largest absolute Gasteiger partial charge is 0.475 e. The molecular weight excluding hydrogens is 280 g/mol. The SMILES string of the molecule is CCCCOCOC=CCCC(OCCCC)OCCCC. The Morgan fingerprint density at radius 1 is 0.818 bits per heavy atom. The van der Waals surface area contributed by atoms with E-state index in [-0.39, 0.29) is 6.29 Å². The van der Waals surface area contributed by atoms with E-state index < -0.39 is 0 Å². The van der Waals surface area contributed by atoms with Gasteiger partial charge in [0.25, 0.3) is 0 Å². The summed E-state index contributed by atoms with van der Waals surface area (Å²) in [5.41, 5.74) is 0. The number of unbranched alkanes of at least 4 members (excludes halogenated alkanes) is 3. The van der Waals surface area contributed by atoms with Gasteiger partial charge in [-0.25, -0.2) is 0 Å². The third kappa shape index (κ3) is 15.8. The summed E-state index contributed by atoms with van der Waals surface area (Å²) < 4.78 is 22.1. The molecule has 0 unspecified atom stereocenters.